The molecule has 4 nitrogen and oxygen atoms in total. The zero-order valence-electron chi connectivity index (χ0n) is 7.91. The molecule has 0 spiro atoms. The highest BCUT2D eigenvalue weighted by atomic mass is 16.8. The van der Waals surface area contributed by atoms with Crippen molar-refractivity contribution in [2.45, 2.75) is 38.3 Å². The van der Waals surface area contributed by atoms with E-state index in [9.17, 15) is 4.79 Å². The van der Waals surface area contributed by atoms with Crippen LogP contribution in [-0.2, 0) is 19.0 Å². The van der Waals surface area contributed by atoms with Crippen molar-refractivity contribution in [2.75, 3.05) is 13.2 Å². The van der Waals surface area contributed by atoms with E-state index in [0.717, 1.165) is 0 Å². The summed E-state index contributed by atoms with van der Waals surface area (Å²) < 4.78 is 16.4. The molecule has 0 radical (unpaired) electrons. The number of carbonyl (C=O) groups is 1. The fraction of sp³-hybridized carbons (Fsp3) is 0.889. The molecule has 2 saturated heterocycles. The Balaban J connectivity index is 2.00. The van der Waals surface area contributed by atoms with Gasteiger partial charge < -0.3 is 14.2 Å². The first kappa shape index (κ1) is 9.12. The van der Waals surface area contributed by atoms with Gasteiger partial charge in [0, 0.05) is 0 Å². The highest BCUT2D eigenvalue weighted by Crippen LogP contribution is 2.34. The molecule has 0 unspecified atom stereocenters. The van der Waals surface area contributed by atoms with Gasteiger partial charge in [-0.1, -0.05) is 0 Å². The van der Waals surface area contributed by atoms with Crippen LogP contribution in [0.4, 0.5) is 0 Å². The molecule has 2 fully saturated rings. The Morgan fingerprint density at radius 3 is 2.38 bits per heavy atom. The molecule has 0 amide bonds. The van der Waals surface area contributed by atoms with Crippen LogP contribution < -0.4 is 0 Å². The van der Waals surface area contributed by atoms with Crippen LogP contribution >= 0.6 is 0 Å². The van der Waals surface area contributed by atoms with Crippen molar-refractivity contribution < 1.29 is 19.0 Å². The van der Waals surface area contributed by atoms with Crippen LogP contribution in [0.3, 0.4) is 0 Å². The fourth-order valence-corrected chi connectivity index (χ4v) is 1.94. The van der Waals surface area contributed by atoms with Crippen LogP contribution in [0.2, 0.25) is 0 Å². The minimum Gasteiger partial charge on any atom is -0.376 e. The van der Waals surface area contributed by atoms with Crippen LogP contribution in [0, 0.1) is 0 Å². The maximum atomic E-state index is 10.9. The van der Waals surface area contributed by atoms with Crippen LogP contribution in [0.5, 0.6) is 0 Å². The Bertz CT molecular complexity index is 214. The van der Waals surface area contributed by atoms with Crippen LogP contribution in [0.15, 0.2) is 0 Å². The summed E-state index contributed by atoms with van der Waals surface area (Å²) in [5, 5.41) is 0. The van der Waals surface area contributed by atoms with E-state index in [-0.39, 0.29) is 18.0 Å². The monoisotopic (exact) mass is 186 g/mol. The minimum atomic E-state index is -0.717. The van der Waals surface area contributed by atoms with Gasteiger partial charge in [-0.15, -0.1) is 0 Å². The van der Waals surface area contributed by atoms with Crippen LogP contribution in [0.25, 0.3) is 0 Å². The molecule has 0 aromatic rings. The molecule has 0 aromatic carbocycles. The fourth-order valence-electron chi connectivity index (χ4n) is 1.94. The number of rotatable bonds is 2. The number of hydrogen-bond acceptors (Lipinski definition) is 4. The normalized spacial score (nSPS) is 36.2. The van der Waals surface area contributed by atoms with Gasteiger partial charge in [-0.05, 0) is 13.8 Å². The molecule has 0 bridgehead atoms. The van der Waals surface area contributed by atoms with Crippen LogP contribution in [0.1, 0.15) is 20.3 Å². The maximum absolute atomic E-state index is 10.9. The molecule has 0 N–H and O–H groups in total. The lowest BCUT2D eigenvalue weighted by Gasteiger charge is -2.22. The first-order valence-electron chi connectivity index (χ1n) is 4.52. The molecule has 13 heavy (non-hydrogen) atoms. The van der Waals surface area contributed by atoms with Gasteiger partial charge in [-0.2, -0.15) is 0 Å². The van der Waals surface area contributed by atoms with E-state index >= 15 is 0 Å². The van der Waals surface area contributed by atoms with E-state index in [0.29, 0.717) is 19.6 Å². The molecule has 2 aliphatic heterocycles. The Morgan fingerprint density at radius 1 is 1.38 bits per heavy atom. The van der Waals surface area contributed by atoms with Gasteiger partial charge in [-0.3, -0.25) is 4.79 Å². The Labute approximate surface area is 77.1 Å². The number of hydrogen-bond donors (Lipinski definition) is 0. The zero-order chi connectivity index (χ0) is 9.47. The van der Waals surface area contributed by atoms with Crippen molar-refractivity contribution in [3.63, 3.8) is 0 Å². The van der Waals surface area contributed by atoms with E-state index in [1.165, 1.54) is 0 Å². The Kier molecular flexibility index (Phi) is 2.14. The van der Waals surface area contributed by atoms with Crippen molar-refractivity contribution in [1.29, 1.82) is 0 Å². The van der Waals surface area contributed by atoms with Gasteiger partial charge in [0.1, 0.15) is 18.0 Å². The molecule has 0 saturated carbocycles. The van der Waals surface area contributed by atoms with E-state index in [1.807, 2.05) is 6.92 Å². The summed E-state index contributed by atoms with van der Waals surface area (Å²) in [7, 11) is 0. The predicted molar refractivity (Wildman–Crippen MR) is 44.3 cm³/mol. The Morgan fingerprint density at radius 2 is 1.92 bits per heavy atom. The third kappa shape index (κ3) is 1.75. The summed E-state index contributed by atoms with van der Waals surface area (Å²) in [6.07, 6.45) is 0.355. The molecule has 2 rings (SSSR count). The third-order valence-electron chi connectivity index (χ3n) is 2.35. The van der Waals surface area contributed by atoms with Gasteiger partial charge in [0.2, 0.25) is 0 Å². The SMILES string of the molecule is CC(=O)CC1(C)O[C@H]2COC[C@@H]2O1. The van der Waals surface area contributed by atoms with E-state index < -0.39 is 5.79 Å². The largest absolute Gasteiger partial charge is 0.376 e. The van der Waals surface area contributed by atoms with E-state index in [4.69, 9.17) is 14.2 Å². The molecule has 4 heteroatoms. The van der Waals surface area contributed by atoms with Gasteiger partial charge >= 0.3 is 0 Å². The summed E-state index contributed by atoms with van der Waals surface area (Å²) in [6.45, 7) is 4.52. The number of fused-ring (bicyclic) bond motifs is 1. The summed E-state index contributed by atoms with van der Waals surface area (Å²) in [5.41, 5.74) is 0. The lowest BCUT2D eigenvalue weighted by molar-refractivity contribution is -0.183. The summed E-state index contributed by atoms with van der Waals surface area (Å²) >= 11 is 0. The first-order chi connectivity index (χ1) is 6.09. The van der Waals surface area contributed by atoms with Gasteiger partial charge in [0.25, 0.3) is 0 Å². The lowest BCUT2D eigenvalue weighted by atomic mass is 10.2. The smallest absolute Gasteiger partial charge is 0.173 e. The van der Waals surface area contributed by atoms with Crippen molar-refractivity contribution in [3.8, 4) is 0 Å². The topological polar surface area (TPSA) is 44.8 Å². The lowest BCUT2D eigenvalue weighted by Crippen LogP contribution is -2.30. The maximum Gasteiger partial charge on any atom is 0.173 e. The predicted octanol–water partition coefficient (Wildman–Crippen LogP) is 0.496. The average molecular weight is 186 g/mol. The van der Waals surface area contributed by atoms with Crippen molar-refractivity contribution in [2.24, 2.45) is 0 Å². The number of carbonyl (C=O) groups excluding carboxylic acids is 1. The van der Waals surface area contributed by atoms with Crippen LogP contribution in [-0.4, -0.2) is 37.0 Å². The third-order valence-corrected chi connectivity index (χ3v) is 2.35. The molecular weight excluding hydrogens is 172 g/mol. The summed E-state index contributed by atoms with van der Waals surface area (Å²) in [6, 6.07) is 0. The quantitative estimate of drug-likeness (QED) is 0.629. The molecule has 0 aromatic heterocycles. The highest BCUT2D eigenvalue weighted by molar-refractivity contribution is 5.76. The molecule has 0 aliphatic carbocycles. The van der Waals surface area contributed by atoms with Gasteiger partial charge in [0.15, 0.2) is 5.79 Å². The average Bonchev–Trinajstić information content (AvgIpc) is 2.41. The van der Waals surface area contributed by atoms with Gasteiger partial charge in [-0.25, -0.2) is 0 Å². The van der Waals surface area contributed by atoms with Crippen molar-refractivity contribution in [3.05, 3.63) is 0 Å². The standard InChI is InChI=1S/C9H14O4/c1-6(10)3-9(2)12-7-4-11-5-8(7)13-9/h7-8H,3-5H2,1-2H3/t7-,8-/m0/s1. The first-order valence-corrected chi connectivity index (χ1v) is 4.52. The molecule has 74 valence electrons. The van der Waals surface area contributed by atoms with Crippen molar-refractivity contribution in [1.82, 2.24) is 0 Å². The second kappa shape index (κ2) is 3.04. The molecule has 2 heterocycles. The Hall–Kier alpha value is -0.450. The summed E-state index contributed by atoms with van der Waals surface area (Å²) in [4.78, 5) is 10.9. The second-order valence-corrected chi connectivity index (χ2v) is 3.86. The summed E-state index contributed by atoms with van der Waals surface area (Å²) in [5.74, 6) is -0.631. The molecule has 2 aliphatic rings. The van der Waals surface area contributed by atoms with Crippen molar-refractivity contribution >= 4 is 5.78 Å². The molecule has 2 atom stereocenters. The van der Waals surface area contributed by atoms with E-state index in [1.54, 1.807) is 6.92 Å². The van der Waals surface area contributed by atoms with E-state index in [2.05, 4.69) is 0 Å². The zero-order valence-corrected chi connectivity index (χ0v) is 7.91. The number of Topliss-reactive ketones (excluding diaryl/α,β-unsaturated/α-hetero) is 1. The molecular formula is C9H14O4. The second-order valence-electron chi connectivity index (χ2n) is 3.86. The number of ether oxygens (including phenoxy) is 3. The highest BCUT2D eigenvalue weighted by Gasteiger charge is 2.47. The van der Waals surface area contributed by atoms with Gasteiger partial charge in [0.05, 0.1) is 19.6 Å². The number of ketones is 1. The minimum absolute atomic E-state index is 0.0179.